The molecule has 0 saturated heterocycles. The van der Waals surface area contributed by atoms with Gasteiger partial charge in [0.05, 0.1) is 0 Å². The molecule has 114 valence electrons. The van der Waals surface area contributed by atoms with Crippen LogP contribution in [0.5, 0.6) is 0 Å². The Balaban J connectivity index is 0.00000200. The SMILES string of the molecule is C=CCCC1=[C]([Zr][C]2=C(CCC=C)C=CC2)CC=C1.F.F. The van der Waals surface area contributed by atoms with Gasteiger partial charge in [-0.15, -0.1) is 0 Å². The minimum Gasteiger partial charge on any atom is -0.269 e. The van der Waals surface area contributed by atoms with Crippen molar-refractivity contribution in [2.24, 2.45) is 0 Å². The average Bonchev–Trinajstić information content (AvgIpc) is 3.04. The first kappa shape index (κ1) is 20.2. The Morgan fingerprint density at radius 3 is 1.67 bits per heavy atom. The molecule has 21 heavy (non-hydrogen) atoms. The number of halogens is 2. The number of hydrogen-bond acceptors (Lipinski definition) is 0. The summed E-state index contributed by atoms with van der Waals surface area (Å²) in [4.78, 5) is 0. The quantitative estimate of drug-likeness (QED) is 0.479. The molecule has 0 N–H and O–H groups in total. The van der Waals surface area contributed by atoms with Gasteiger partial charge in [0.2, 0.25) is 0 Å². The van der Waals surface area contributed by atoms with E-state index in [2.05, 4.69) is 37.5 Å². The van der Waals surface area contributed by atoms with E-state index in [1.165, 1.54) is 25.7 Å². The third-order valence-corrected chi connectivity index (χ3v) is 7.66. The molecule has 0 aromatic rings. The van der Waals surface area contributed by atoms with Gasteiger partial charge in [-0.1, -0.05) is 0 Å². The molecular weight excluding hydrogens is 345 g/mol. The molecule has 0 bridgehead atoms. The molecule has 0 unspecified atom stereocenters. The number of rotatable bonds is 8. The predicted octanol–water partition coefficient (Wildman–Crippen LogP) is 5.73. The molecule has 0 saturated carbocycles. The van der Waals surface area contributed by atoms with E-state index in [-0.39, 0.29) is 9.41 Å². The summed E-state index contributed by atoms with van der Waals surface area (Å²) < 4.78 is 3.58. The third kappa shape index (κ3) is 5.82. The van der Waals surface area contributed by atoms with Crippen LogP contribution in [0.15, 0.2) is 67.3 Å². The predicted molar refractivity (Wildman–Crippen MR) is 85.4 cm³/mol. The Bertz CT molecular complexity index is 437. The van der Waals surface area contributed by atoms with Gasteiger partial charge in [0.25, 0.3) is 0 Å². The molecule has 0 spiro atoms. The first-order chi connectivity index (χ1) is 9.35. The van der Waals surface area contributed by atoms with Crippen LogP contribution < -0.4 is 0 Å². The van der Waals surface area contributed by atoms with Gasteiger partial charge in [0.15, 0.2) is 0 Å². The van der Waals surface area contributed by atoms with E-state index >= 15 is 0 Å². The maximum atomic E-state index is 3.83. The molecule has 0 radical (unpaired) electrons. The standard InChI is InChI=1S/2C9H11.2FH.Zr/c2*1-2-3-6-9-7-4-5-8-9;;;/h2*2,4,7H,1,3,5-6H2;2*1H;. The molecule has 0 nitrogen and oxygen atoms in total. The third-order valence-electron chi connectivity index (χ3n) is 3.59. The summed E-state index contributed by atoms with van der Waals surface area (Å²) in [6.07, 6.45) is 20.5. The topological polar surface area (TPSA) is 0 Å². The van der Waals surface area contributed by atoms with Gasteiger partial charge in [-0.2, -0.15) is 0 Å². The van der Waals surface area contributed by atoms with Crippen molar-refractivity contribution in [1.82, 2.24) is 0 Å². The van der Waals surface area contributed by atoms with Crippen LogP contribution in [-0.4, -0.2) is 0 Å². The first-order valence-corrected chi connectivity index (χ1v) is 9.57. The summed E-state index contributed by atoms with van der Waals surface area (Å²) in [5, 5.41) is 0. The van der Waals surface area contributed by atoms with E-state index in [4.69, 9.17) is 0 Å². The summed E-state index contributed by atoms with van der Waals surface area (Å²) in [6.45, 7) is 7.67. The minimum atomic E-state index is -0.532. The Morgan fingerprint density at radius 2 is 1.29 bits per heavy atom. The zero-order valence-corrected chi connectivity index (χ0v) is 14.9. The maximum absolute atomic E-state index is 3.83. The summed E-state index contributed by atoms with van der Waals surface area (Å²) in [5.41, 5.74) is 3.24. The summed E-state index contributed by atoms with van der Waals surface area (Å²) in [6, 6.07) is 0. The Labute approximate surface area is 138 Å². The molecular formula is C18H24F2Zr. The fraction of sp³-hybridized carbons (Fsp3) is 0.333. The van der Waals surface area contributed by atoms with Gasteiger partial charge in [-0.25, -0.2) is 0 Å². The van der Waals surface area contributed by atoms with Crippen molar-refractivity contribution in [3.05, 3.63) is 67.3 Å². The molecule has 0 amide bonds. The summed E-state index contributed by atoms with van der Waals surface area (Å²) in [5.74, 6) is 0. The van der Waals surface area contributed by atoms with Gasteiger partial charge in [0, 0.05) is 0 Å². The van der Waals surface area contributed by atoms with Crippen LogP contribution in [0.4, 0.5) is 9.41 Å². The smallest absolute Gasteiger partial charge is 0.269 e. The molecule has 0 aromatic heterocycles. The van der Waals surface area contributed by atoms with Crippen molar-refractivity contribution in [1.29, 1.82) is 0 Å². The van der Waals surface area contributed by atoms with Crippen LogP contribution in [0.25, 0.3) is 0 Å². The fourth-order valence-corrected chi connectivity index (χ4v) is 6.32. The Kier molecular flexibility index (Phi) is 10.4. The normalized spacial score (nSPS) is 15.8. The van der Waals surface area contributed by atoms with Crippen molar-refractivity contribution >= 4 is 0 Å². The summed E-state index contributed by atoms with van der Waals surface area (Å²) in [7, 11) is 0. The summed E-state index contributed by atoms with van der Waals surface area (Å²) >= 11 is -0.532. The van der Waals surface area contributed by atoms with Crippen molar-refractivity contribution in [3.8, 4) is 0 Å². The van der Waals surface area contributed by atoms with Gasteiger partial charge in [-0.05, 0) is 0 Å². The molecule has 2 aliphatic rings. The van der Waals surface area contributed by atoms with Crippen molar-refractivity contribution in [2.45, 2.75) is 38.5 Å². The molecule has 0 aliphatic heterocycles. The molecule has 2 rings (SSSR count). The second-order valence-corrected chi connectivity index (χ2v) is 8.58. The number of allylic oxidation sites excluding steroid dienone is 10. The zero-order chi connectivity index (χ0) is 13.5. The second-order valence-electron chi connectivity index (χ2n) is 5.00. The van der Waals surface area contributed by atoms with Gasteiger partial charge in [-0.3, -0.25) is 9.41 Å². The van der Waals surface area contributed by atoms with E-state index in [0.717, 1.165) is 12.8 Å². The van der Waals surface area contributed by atoms with Gasteiger partial charge >= 0.3 is 129 Å². The Morgan fingerprint density at radius 1 is 0.857 bits per heavy atom. The van der Waals surface area contributed by atoms with Crippen molar-refractivity contribution in [2.75, 3.05) is 0 Å². The van der Waals surface area contributed by atoms with E-state index in [1.807, 2.05) is 12.2 Å². The molecule has 0 fully saturated rings. The molecule has 2 aliphatic carbocycles. The van der Waals surface area contributed by atoms with E-state index < -0.39 is 23.2 Å². The van der Waals surface area contributed by atoms with E-state index in [9.17, 15) is 0 Å². The van der Waals surface area contributed by atoms with Gasteiger partial charge in [0.1, 0.15) is 0 Å². The first-order valence-electron chi connectivity index (χ1n) is 7.11. The van der Waals surface area contributed by atoms with E-state index in [0.29, 0.717) is 0 Å². The minimum absolute atomic E-state index is 0. The largest absolute Gasteiger partial charge is 0.269 e. The van der Waals surface area contributed by atoms with Crippen LogP contribution in [0.3, 0.4) is 0 Å². The maximum Gasteiger partial charge on any atom is -0.269 e. The van der Waals surface area contributed by atoms with Crippen molar-refractivity contribution in [3.63, 3.8) is 0 Å². The second kappa shape index (κ2) is 10.8. The van der Waals surface area contributed by atoms with Crippen LogP contribution in [0.2, 0.25) is 0 Å². The van der Waals surface area contributed by atoms with Crippen molar-refractivity contribution < 1.29 is 32.6 Å². The van der Waals surface area contributed by atoms with Gasteiger partial charge < -0.3 is 0 Å². The zero-order valence-electron chi connectivity index (χ0n) is 12.4. The average molecular weight is 370 g/mol. The monoisotopic (exact) mass is 368 g/mol. The molecule has 3 heteroatoms. The van der Waals surface area contributed by atoms with Crippen LogP contribution in [0, 0.1) is 0 Å². The Hall–Kier alpha value is -0.817. The molecule has 0 aromatic carbocycles. The van der Waals surface area contributed by atoms with Crippen LogP contribution in [0.1, 0.15) is 38.5 Å². The number of hydrogen-bond donors (Lipinski definition) is 0. The molecule has 0 heterocycles. The molecule has 0 atom stereocenters. The fourth-order valence-electron chi connectivity index (χ4n) is 2.53. The van der Waals surface area contributed by atoms with Crippen LogP contribution >= 0.6 is 0 Å². The van der Waals surface area contributed by atoms with E-state index in [1.54, 1.807) is 17.7 Å². The van der Waals surface area contributed by atoms with Crippen LogP contribution in [-0.2, 0) is 23.2 Å².